The molecule has 3 amide bonds. The van der Waals surface area contributed by atoms with Crippen molar-refractivity contribution in [1.82, 2.24) is 5.32 Å². The van der Waals surface area contributed by atoms with Gasteiger partial charge in [-0.25, -0.2) is 9.69 Å². The minimum Gasteiger partial charge on any atom is -0.490 e. The summed E-state index contributed by atoms with van der Waals surface area (Å²) in [5.41, 5.74) is 2.23. The molecule has 6 nitrogen and oxygen atoms in total. The zero-order valence-corrected chi connectivity index (χ0v) is 20.0. The maximum Gasteiger partial charge on any atom is 0.333 e. The molecule has 0 saturated carbocycles. The van der Waals surface area contributed by atoms with Crippen molar-refractivity contribution in [3.63, 3.8) is 0 Å². The Morgan fingerprint density at radius 2 is 1.82 bits per heavy atom. The van der Waals surface area contributed by atoms with E-state index in [0.29, 0.717) is 45.5 Å². The first-order valence-electron chi connectivity index (χ1n) is 10.2. The molecule has 8 heteroatoms. The highest BCUT2D eigenvalue weighted by Gasteiger charge is 2.35. The van der Waals surface area contributed by atoms with Crippen LogP contribution in [0.3, 0.4) is 0 Å². The molecule has 0 atom stereocenters. The van der Waals surface area contributed by atoms with Crippen LogP contribution in [-0.2, 0) is 11.4 Å². The fourth-order valence-corrected chi connectivity index (χ4v) is 4.11. The maximum absolute atomic E-state index is 12.9. The highest BCUT2D eigenvalue weighted by Crippen LogP contribution is 2.38. The van der Waals surface area contributed by atoms with Gasteiger partial charge >= 0.3 is 6.03 Å². The highest BCUT2D eigenvalue weighted by atomic mass is 79.9. The molecule has 1 saturated heterocycles. The second-order valence-corrected chi connectivity index (χ2v) is 8.44. The number of anilines is 1. The van der Waals surface area contributed by atoms with Crippen molar-refractivity contribution in [2.24, 2.45) is 0 Å². The average molecular weight is 528 g/mol. The second-order valence-electron chi connectivity index (χ2n) is 7.15. The van der Waals surface area contributed by atoms with Crippen molar-refractivity contribution in [3.8, 4) is 11.5 Å². The van der Waals surface area contributed by atoms with Crippen LogP contribution in [-0.4, -0.2) is 18.5 Å². The number of rotatable bonds is 7. The van der Waals surface area contributed by atoms with Gasteiger partial charge in [0.25, 0.3) is 5.91 Å². The van der Waals surface area contributed by atoms with Crippen LogP contribution >= 0.6 is 27.5 Å². The van der Waals surface area contributed by atoms with Gasteiger partial charge in [-0.3, -0.25) is 4.79 Å². The molecule has 1 N–H and O–H groups in total. The Kier molecular flexibility index (Phi) is 7.01. The SMILES string of the molecule is CCOc1cc(/C=C2/NC(=O)N(c3cccc(Cl)c3)C2=O)cc(Br)c1OCc1ccccc1. The van der Waals surface area contributed by atoms with Crippen molar-refractivity contribution in [2.45, 2.75) is 13.5 Å². The van der Waals surface area contributed by atoms with Crippen LogP contribution < -0.4 is 19.7 Å². The monoisotopic (exact) mass is 526 g/mol. The molecule has 0 bridgehead atoms. The molecule has 0 spiro atoms. The first kappa shape index (κ1) is 22.9. The lowest BCUT2D eigenvalue weighted by atomic mass is 10.1. The van der Waals surface area contributed by atoms with E-state index >= 15 is 0 Å². The molecule has 0 radical (unpaired) electrons. The van der Waals surface area contributed by atoms with Gasteiger partial charge in [-0.15, -0.1) is 0 Å². The third kappa shape index (κ3) is 5.21. The number of halogens is 2. The summed E-state index contributed by atoms with van der Waals surface area (Å²) in [5.74, 6) is 0.615. The molecule has 1 aliphatic heterocycles. The predicted octanol–water partition coefficient (Wildman–Crippen LogP) is 6.18. The first-order valence-corrected chi connectivity index (χ1v) is 11.4. The number of hydrogen-bond donors (Lipinski definition) is 1. The number of imide groups is 1. The minimum atomic E-state index is -0.541. The molecule has 168 valence electrons. The van der Waals surface area contributed by atoms with Crippen LogP contribution in [0.15, 0.2) is 76.9 Å². The Labute approximate surface area is 204 Å². The zero-order valence-electron chi connectivity index (χ0n) is 17.7. The van der Waals surface area contributed by atoms with Crippen molar-refractivity contribution >= 4 is 51.2 Å². The van der Waals surface area contributed by atoms with Crippen molar-refractivity contribution in [2.75, 3.05) is 11.5 Å². The number of nitrogens with zero attached hydrogens (tertiary/aromatic N) is 1. The molecule has 1 heterocycles. The Hall–Kier alpha value is -3.29. The highest BCUT2D eigenvalue weighted by molar-refractivity contribution is 9.10. The number of nitrogens with one attached hydrogen (secondary N) is 1. The Morgan fingerprint density at radius 1 is 1.03 bits per heavy atom. The largest absolute Gasteiger partial charge is 0.490 e. The van der Waals surface area contributed by atoms with Gasteiger partial charge in [-0.1, -0.05) is 48.0 Å². The Morgan fingerprint density at radius 3 is 2.55 bits per heavy atom. The fourth-order valence-electron chi connectivity index (χ4n) is 3.36. The van der Waals surface area contributed by atoms with Gasteiger partial charge in [0.2, 0.25) is 0 Å². The van der Waals surface area contributed by atoms with Gasteiger partial charge in [0, 0.05) is 5.02 Å². The molecular weight excluding hydrogens is 508 g/mol. The number of hydrogen-bond acceptors (Lipinski definition) is 4. The lowest BCUT2D eigenvalue weighted by molar-refractivity contribution is -0.113. The van der Waals surface area contributed by atoms with E-state index in [0.717, 1.165) is 10.5 Å². The van der Waals surface area contributed by atoms with E-state index in [9.17, 15) is 9.59 Å². The first-order chi connectivity index (χ1) is 16.0. The molecule has 1 aliphatic rings. The van der Waals surface area contributed by atoms with Crippen LogP contribution in [0.25, 0.3) is 6.08 Å². The summed E-state index contributed by atoms with van der Waals surface area (Å²) in [6, 6.07) is 19.4. The molecule has 33 heavy (non-hydrogen) atoms. The molecule has 0 aliphatic carbocycles. The zero-order chi connectivity index (χ0) is 23.4. The summed E-state index contributed by atoms with van der Waals surface area (Å²) in [5, 5.41) is 3.05. The smallest absolute Gasteiger partial charge is 0.333 e. The molecule has 3 aromatic rings. The number of carbonyl (C=O) groups excluding carboxylic acids is 2. The normalized spacial score (nSPS) is 14.5. The van der Waals surface area contributed by atoms with Gasteiger partial charge < -0.3 is 14.8 Å². The Balaban J connectivity index is 1.61. The summed E-state index contributed by atoms with van der Waals surface area (Å²) < 4.78 is 12.5. The van der Waals surface area contributed by atoms with Gasteiger partial charge in [0.05, 0.1) is 16.8 Å². The van der Waals surface area contributed by atoms with Crippen LogP contribution in [0.1, 0.15) is 18.1 Å². The van der Waals surface area contributed by atoms with E-state index in [4.69, 9.17) is 21.1 Å². The quantitative estimate of drug-likeness (QED) is 0.294. The number of ether oxygens (including phenoxy) is 2. The summed E-state index contributed by atoms with van der Waals surface area (Å²) in [7, 11) is 0. The molecule has 0 aromatic heterocycles. The minimum absolute atomic E-state index is 0.146. The van der Waals surface area contributed by atoms with Crippen molar-refractivity contribution in [1.29, 1.82) is 0 Å². The summed E-state index contributed by atoms with van der Waals surface area (Å²) >= 11 is 9.56. The van der Waals surface area contributed by atoms with Gasteiger partial charge in [0.1, 0.15) is 12.3 Å². The molecule has 1 fully saturated rings. The van der Waals surface area contributed by atoms with E-state index in [1.165, 1.54) is 0 Å². The Bertz CT molecular complexity index is 1230. The molecule has 4 rings (SSSR count). The van der Waals surface area contributed by atoms with Crippen LogP contribution in [0.2, 0.25) is 5.02 Å². The van der Waals surface area contributed by atoms with Crippen LogP contribution in [0, 0.1) is 0 Å². The lowest BCUT2D eigenvalue weighted by Crippen LogP contribution is -2.30. The van der Waals surface area contributed by atoms with E-state index in [2.05, 4.69) is 21.2 Å². The summed E-state index contributed by atoms with van der Waals surface area (Å²) in [6.45, 7) is 2.69. The summed E-state index contributed by atoms with van der Waals surface area (Å²) in [6.07, 6.45) is 1.60. The van der Waals surface area contributed by atoms with E-state index in [-0.39, 0.29) is 5.70 Å². The number of urea groups is 1. The van der Waals surface area contributed by atoms with Crippen LogP contribution in [0.4, 0.5) is 10.5 Å². The average Bonchev–Trinajstić information content (AvgIpc) is 3.07. The number of carbonyl (C=O) groups is 2. The van der Waals surface area contributed by atoms with E-state index in [1.54, 1.807) is 42.5 Å². The third-order valence-corrected chi connectivity index (χ3v) is 5.64. The standard InChI is InChI=1S/C25H20BrClN2O4/c1-2-32-22-13-17(11-20(26)23(22)33-15-16-7-4-3-5-8-16)12-21-24(30)29(25(31)28-21)19-10-6-9-18(27)14-19/h3-14H,2,15H2,1H3,(H,28,31)/b21-12+. The number of amides is 3. The van der Waals surface area contributed by atoms with Gasteiger partial charge in [0.15, 0.2) is 11.5 Å². The van der Waals surface area contributed by atoms with E-state index < -0.39 is 11.9 Å². The molecule has 0 unspecified atom stereocenters. The molecule has 3 aromatic carbocycles. The van der Waals surface area contributed by atoms with Gasteiger partial charge in [-0.2, -0.15) is 0 Å². The summed E-state index contributed by atoms with van der Waals surface area (Å²) in [4.78, 5) is 26.4. The second kappa shape index (κ2) is 10.1. The predicted molar refractivity (Wildman–Crippen MR) is 132 cm³/mol. The topological polar surface area (TPSA) is 67.9 Å². The van der Waals surface area contributed by atoms with Crippen LogP contribution in [0.5, 0.6) is 11.5 Å². The maximum atomic E-state index is 12.9. The van der Waals surface area contributed by atoms with Gasteiger partial charge in [-0.05, 0) is 70.4 Å². The third-order valence-electron chi connectivity index (χ3n) is 4.81. The van der Waals surface area contributed by atoms with E-state index in [1.807, 2.05) is 37.3 Å². The molecular formula is C25H20BrClN2O4. The fraction of sp³-hybridized carbons (Fsp3) is 0.120. The van der Waals surface area contributed by atoms with Crippen molar-refractivity contribution in [3.05, 3.63) is 93.0 Å². The van der Waals surface area contributed by atoms with Crippen molar-refractivity contribution < 1.29 is 19.1 Å². The number of benzene rings is 3. The lowest BCUT2D eigenvalue weighted by Gasteiger charge is -2.15.